The summed E-state index contributed by atoms with van der Waals surface area (Å²) < 4.78 is 13.7. The third-order valence-electron chi connectivity index (χ3n) is 3.58. The molecule has 0 aliphatic carbocycles. The summed E-state index contributed by atoms with van der Waals surface area (Å²) in [7, 11) is 0. The van der Waals surface area contributed by atoms with Gasteiger partial charge in [-0.25, -0.2) is 9.37 Å². The zero-order valence-electron chi connectivity index (χ0n) is 13.8. The van der Waals surface area contributed by atoms with Crippen LogP contribution in [0.2, 0.25) is 0 Å². The van der Waals surface area contributed by atoms with Crippen molar-refractivity contribution in [1.82, 2.24) is 15.2 Å². The molecule has 7 heteroatoms. The normalized spacial score (nSPS) is 10.7. The number of nitrogens with zero attached hydrogens (tertiary/aromatic N) is 2. The van der Waals surface area contributed by atoms with E-state index in [1.165, 1.54) is 17.8 Å². The molecule has 5 nitrogen and oxygen atoms in total. The van der Waals surface area contributed by atoms with E-state index in [9.17, 15) is 9.18 Å². The van der Waals surface area contributed by atoms with Gasteiger partial charge >= 0.3 is 0 Å². The van der Waals surface area contributed by atoms with Gasteiger partial charge in [-0.2, -0.15) is 0 Å². The SMILES string of the molecule is Cc1ccc(NC(=O)CSc2n[nH]c(-c3ccccc3F)n2)c(C)c1. The largest absolute Gasteiger partial charge is 0.325 e. The number of thioether (sulfide) groups is 1. The molecule has 0 fully saturated rings. The number of halogens is 1. The first-order chi connectivity index (χ1) is 12.0. The lowest BCUT2D eigenvalue weighted by Crippen LogP contribution is -2.15. The first kappa shape index (κ1) is 17.2. The van der Waals surface area contributed by atoms with E-state index in [1.54, 1.807) is 18.2 Å². The number of H-pyrrole nitrogens is 1. The number of benzene rings is 2. The van der Waals surface area contributed by atoms with E-state index < -0.39 is 0 Å². The number of hydrogen-bond acceptors (Lipinski definition) is 4. The summed E-state index contributed by atoms with van der Waals surface area (Å²) >= 11 is 1.19. The van der Waals surface area contributed by atoms with Crippen LogP contribution in [0.3, 0.4) is 0 Å². The van der Waals surface area contributed by atoms with Gasteiger partial charge in [0.25, 0.3) is 0 Å². The van der Waals surface area contributed by atoms with Gasteiger partial charge in [-0.1, -0.05) is 41.6 Å². The molecule has 0 aliphatic heterocycles. The Bertz CT molecular complexity index is 910. The average molecular weight is 356 g/mol. The number of carbonyl (C=O) groups is 1. The second-order valence-corrected chi connectivity index (χ2v) is 6.54. The van der Waals surface area contributed by atoms with Crippen LogP contribution in [0, 0.1) is 19.7 Å². The molecule has 0 unspecified atom stereocenters. The molecule has 0 saturated heterocycles. The van der Waals surface area contributed by atoms with E-state index in [-0.39, 0.29) is 17.5 Å². The van der Waals surface area contributed by atoms with Gasteiger partial charge in [0.15, 0.2) is 5.82 Å². The van der Waals surface area contributed by atoms with Crippen molar-refractivity contribution >= 4 is 23.4 Å². The molecule has 0 atom stereocenters. The number of rotatable bonds is 5. The van der Waals surface area contributed by atoms with E-state index in [4.69, 9.17) is 0 Å². The number of aromatic amines is 1. The van der Waals surface area contributed by atoms with Crippen molar-refractivity contribution in [3.05, 3.63) is 59.4 Å². The van der Waals surface area contributed by atoms with Crippen molar-refractivity contribution in [2.75, 3.05) is 11.1 Å². The van der Waals surface area contributed by atoms with Gasteiger partial charge in [-0.15, -0.1) is 5.10 Å². The van der Waals surface area contributed by atoms with Crippen LogP contribution in [0.1, 0.15) is 11.1 Å². The number of amides is 1. The Morgan fingerprint density at radius 2 is 2.04 bits per heavy atom. The number of hydrogen-bond donors (Lipinski definition) is 2. The molecular formula is C18H17FN4OS. The maximum Gasteiger partial charge on any atom is 0.234 e. The van der Waals surface area contributed by atoms with Crippen molar-refractivity contribution in [3.8, 4) is 11.4 Å². The van der Waals surface area contributed by atoms with Crippen molar-refractivity contribution in [2.45, 2.75) is 19.0 Å². The summed E-state index contributed by atoms with van der Waals surface area (Å²) in [4.78, 5) is 16.3. The fourth-order valence-electron chi connectivity index (χ4n) is 2.35. The van der Waals surface area contributed by atoms with Crippen molar-refractivity contribution < 1.29 is 9.18 Å². The lowest BCUT2D eigenvalue weighted by molar-refractivity contribution is -0.113. The summed E-state index contributed by atoms with van der Waals surface area (Å²) in [5.41, 5.74) is 3.30. The highest BCUT2D eigenvalue weighted by molar-refractivity contribution is 7.99. The van der Waals surface area contributed by atoms with E-state index in [2.05, 4.69) is 20.5 Å². The Hall–Kier alpha value is -2.67. The minimum atomic E-state index is -0.372. The first-order valence-electron chi connectivity index (χ1n) is 7.70. The van der Waals surface area contributed by atoms with Gasteiger partial charge in [0.1, 0.15) is 5.82 Å². The monoisotopic (exact) mass is 356 g/mol. The van der Waals surface area contributed by atoms with Crippen LogP contribution in [0.25, 0.3) is 11.4 Å². The topological polar surface area (TPSA) is 70.7 Å². The predicted molar refractivity (Wildman–Crippen MR) is 97.0 cm³/mol. The standard InChI is InChI=1S/C18H17FN4OS/c1-11-7-8-15(12(2)9-11)20-16(24)10-25-18-21-17(22-23-18)13-5-3-4-6-14(13)19/h3-9H,10H2,1-2H3,(H,20,24)(H,21,22,23). The Morgan fingerprint density at radius 1 is 1.24 bits per heavy atom. The second kappa shape index (κ2) is 7.48. The van der Waals surface area contributed by atoms with Crippen LogP contribution in [0.5, 0.6) is 0 Å². The molecule has 0 bridgehead atoms. The van der Waals surface area contributed by atoms with Crippen molar-refractivity contribution in [1.29, 1.82) is 0 Å². The number of nitrogens with one attached hydrogen (secondary N) is 2. The molecule has 0 radical (unpaired) electrons. The maximum absolute atomic E-state index is 13.7. The minimum absolute atomic E-state index is 0.144. The van der Waals surface area contributed by atoms with E-state index >= 15 is 0 Å². The fraction of sp³-hybridized carbons (Fsp3) is 0.167. The quantitative estimate of drug-likeness (QED) is 0.679. The zero-order chi connectivity index (χ0) is 17.8. The van der Waals surface area contributed by atoms with Gasteiger partial charge < -0.3 is 5.32 Å². The van der Waals surface area contributed by atoms with Crippen LogP contribution >= 0.6 is 11.8 Å². The van der Waals surface area contributed by atoms with Gasteiger partial charge in [0.05, 0.1) is 11.3 Å². The lowest BCUT2D eigenvalue weighted by Gasteiger charge is -2.08. The predicted octanol–water partition coefficient (Wildman–Crippen LogP) is 3.96. The second-order valence-electron chi connectivity index (χ2n) is 5.60. The third-order valence-corrected chi connectivity index (χ3v) is 4.43. The molecule has 2 N–H and O–H groups in total. The highest BCUT2D eigenvalue weighted by Crippen LogP contribution is 2.22. The minimum Gasteiger partial charge on any atom is -0.325 e. The van der Waals surface area contributed by atoms with Gasteiger partial charge in [0.2, 0.25) is 11.1 Å². The van der Waals surface area contributed by atoms with Gasteiger partial charge in [0, 0.05) is 5.69 Å². The molecule has 0 saturated carbocycles. The molecule has 3 aromatic rings. The van der Waals surface area contributed by atoms with E-state index in [1.807, 2.05) is 32.0 Å². The van der Waals surface area contributed by atoms with E-state index in [0.717, 1.165) is 16.8 Å². The van der Waals surface area contributed by atoms with Crippen LogP contribution in [-0.4, -0.2) is 26.8 Å². The van der Waals surface area contributed by atoms with Crippen molar-refractivity contribution in [3.63, 3.8) is 0 Å². The number of aryl methyl sites for hydroxylation is 2. The number of carbonyl (C=O) groups excluding carboxylic acids is 1. The molecule has 1 aromatic heterocycles. The van der Waals surface area contributed by atoms with Gasteiger partial charge in [-0.05, 0) is 37.6 Å². The Balaban J connectivity index is 1.60. The van der Waals surface area contributed by atoms with Crippen LogP contribution in [0.4, 0.5) is 10.1 Å². The molecule has 2 aromatic carbocycles. The zero-order valence-corrected chi connectivity index (χ0v) is 14.7. The summed E-state index contributed by atoms with van der Waals surface area (Å²) in [5.74, 6) is -0.00520. The Morgan fingerprint density at radius 3 is 2.80 bits per heavy atom. The van der Waals surface area contributed by atoms with Crippen LogP contribution < -0.4 is 5.32 Å². The lowest BCUT2D eigenvalue weighted by atomic mass is 10.1. The smallest absolute Gasteiger partial charge is 0.234 e. The summed E-state index contributed by atoms with van der Waals surface area (Å²) in [6.45, 7) is 3.95. The highest BCUT2D eigenvalue weighted by Gasteiger charge is 2.12. The Kier molecular flexibility index (Phi) is 5.14. The maximum atomic E-state index is 13.7. The molecule has 3 rings (SSSR count). The van der Waals surface area contributed by atoms with E-state index in [0.29, 0.717) is 16.5 Å². The third kappa shape index (κ3) is 4.24. The summed E-state index contributed by atoms with van der Waals surface area (Å²) in [6.07, 6.45) is 0. The summed E-state index contributed by atoms with van der Waals surface area (Å²) in [5, 5.41) is 9.99. The number of anilines is 1. The highest BCUT2D eigenvalue weighted by atomic mass is 32.2. The molecule has 128 valence electrons. The molecule has 0 spiro atoms. The first-order valence-corrected chi connectivity index (χ1v) is 8.68. The average Bonchev–Trinajstić information content (AvgIpc) is 3.05. The van der Waals surface area contributed by atoms with Gasteiger partial charge in [-0.3, -0.25) is 9.89 Å². The summed E-state index contributed by atoms with van der Waals surface area (Å²) in [6, 6.07) is 12.2. The fourth-order valence-corrected chi connectivity index (χ4v) is 2.95. The Labute approximate surface area is 149 Å². The molecule has 25 heavy (non-hydrogen) atoms. The van der Waals surface area contributed by atoms with Crippen molar-refractivity contribution in [2.24, 2.45) is 0 Å². The molecule has 0 aliphatic rings. The van der Waals surface area contributed by atoms with Crippen LogP contribution in [-0.2, 0) is 4.79 Å². The molecule has 1 heterocycles. The molecular weight excluding hydrogens is 339 g/mol. The molecule has 1 amide bonds. The van der Waals surface area contributed by atoms with Crippen LogP contribution in [0.15, 0.2) is 47.6 Å². The number of aromatic nitrogens is 3.